The van der Waals surface area contributed by atoms with Gasteiger partial charge in [0.25, 0.3) is 5.91 Å². The van der Waals surface area contributed by atoms with E-state index in [0.29, 0.717) is 16.5 Å². The second kappa shape index (κ2) is 7.29. The normalized spacial score (nSPS) is 11.8. The topological polar surface area (TPSA) is 58.6 Å². The molecule has 2 rings (SSSR count). The van der Waals surface area contributed by atoms with Crippen molar-refractivity contribution in [2.45, 2.75) is 26.6 Å². The van der Waals surface area contributed by atoms with Gasteiger partial charge in [-0.05, 0) is 55.3 Å². The first-order valence-electron chi connectivity index (χ1n) is 6.93. The minimum absolute atomic E-state index is 0.0696. The van der Waals surface area contributed by atoms with Crippen LogP contribution in [0.2, 0.25) is 5.02 Å². The van der Waals surface area contributed by atoms with Gasteiger partial charge >= 0.3 is 0 Å². The first kappa shape index (κ1) is 16.3. The summed E-state index contributed by atoms with van der Waals surface area (Å²) in [6.07, 6.45) is -0.654. The van der Waals surface area contributed by atoms with Gasteiger partial charge in [0.2, 0.25) is 0 Å². The van der Waals surface area contributed by atoms with Crippen LogP contribution in [0.5, 0.6) is 5.75 Å². The largest absolute Gasteiger partial charge is 0.481 e. The van der Waals surface area contributed by atoms with Gasteiger partial charge in [0.15, 0.2) is 6.10 Å². The van der Waals surface area contributed by atoms with Crippen LogP contribution in [0.1, 0.15) is 18.1 Å². The zero-order valence-corrected chi connectivity index (χ0v) is 13.2. The molecule has 0 bridgehead atoms. The highest BCUT2D eigenvalue weighted by atomic mass is 35.5. The van der Waals surface area contributed by atoms with Gasteiger partial charge in [-0.25, -0.2) is 0 Å². The van der Waals surface area contributed by atoms with Crippen molar-refractivity contribution >= 4 is 23.2 Å². The van der Waals surface area contributed by atoms with E-state index in [1.807, 2.05) is 6.92 Å². The SMILES string of the molecule is Cc1cc(OC(C)C(=O)Nc2cccc(CO)c2)ccc1Cl. The lowest BCUT2D eigenvalue weighted by Crippen LogP contribution is -2.30. The maximum atomic E-state index is 12.1. The van der Waals surface area contributed by atoms with Gasteiger partial charge in [-0.15, -0.1) is 0 Å². The summed E-state index contributed by atoms with van der Waals surface area (Å²) in [6.45, 7) is 3.48. The predicted octanol–water partition coefficient (Wildman–Crippen LogP) is 3.55. The fourth-order valence-corrected chi connectivity index (χ4v) is 2.06. The molecule has 116 valence electrons. The first-order chi connectivity index (χ1) is 10.5. The second-order valence-corrected chi connectivity index (χ2v) is 5.43. The maximum Gasteiger partial charge on any atom is 0.265 e. The molecule has 0 fully saturated rings. The Morgan fingerprint density at radius 1 is 1.32 bits per heavy atom. The number of carbonyl (C=O) groups excluding carboxylic acids is 1. The highest BCUT2D eigenvalue weighted by Gasteiger charge is 2.15. The van der Waals surface area contributed by atoms with Crippen LogP contribution in [0.15, 0.2) is 42.5 Å². The van der Waals surface area contributed by atoms with Crippen LogP contribution in [0.25, 0.3) is 0 Å². The zero-order chi connectivity index (χ0) is 16.1. The monoisotopic (exact) mass is 319 g/mol. The molecule has 0 spiro atoms. The number of nitrogens with one attached hydrogen (secondary N) is 1. The minimum atomic E-state index is -0.654. The molecule has 0 saturated heterocycles. The van der Waals surface area contributed by atoms with Crippen LogP contribution < -0.4 is 10.1 Å². The van der Waals surface area contributed by atoms with Gasteiger partial charge < -0.3 is 15.2 Å². The van der Waals surface area contributed by atoms with Gasteiger partial charge in [0.1, 0.15) is 5.75 Å². The third-order valence-corrected chi connectivity index (χ3v) is 3.61. The number of benzene rings is 2. The molecule has 2 aromatic carbocycles. The van der Waals surface area contributed by atoms with Crippen molar-refractivity contribution in [1.82, 2.24) is 0 Å². The molecule has 0 aliphatic heterocycles. The molecule has 1 atom stereocenters. The van der Waals surface area contributed by atoms with Crippen molar-refractivity contribution in [3.63, 3.8) is 0 Å². The van der Waals surface area contributed by atoms with Gasteiger partial charge in [-0.3, -0.25) is 4.79 Å². The third kappa shape index (κ3) is 4.23. The highest BCUT2D eigenvalue weighted by molar-refractivity contribution is 6.31. The number of amides is 1. The number of rotatable bonds is 5. The number of aryl methyl sites for hydroxylation is 1. The van der Waals surface area contributed by atoms with Crippen LogP contribution >= 0.6 is 11.6 Å². The van der Waals surface area contributed by atoms with E-state index >= 15 is 0 Å². The Bertz CT molecular complexity index is 673. The summed E-state index contributed by atoms with van der Waals surface area (Å²) in [7, 11) is 0. The van der Waals surface area contributed by atoms with E-state index in [2.05, 4.69) is 5.32 Å². The van der Waals surface area contributed by atoms with E-state index in [4.69, 9.17) is 21.4 Å². The zero-order valence-electron chi connectivity index (χ0n) is 12.5. The molecule has 5 heteroatoms. The molecule has 0 aliphatic carbocycles. The molecule has 1 unspecified atom stereocenters. The van der Waals surface area contributed by atoms with E-state index in [-0.39, 0.29) is 12.5 Å². The Morgan fingerprint density at radius 2 is 2.09 bits per heavy atom. The highest BCUT2D eigenvalue weighted by Crippen LogP contribution is 2.22. The summed E-state index contributed by atoms with van der Waals surface area (Å²) in [4.78, 5) is 12.1. The average molecular weight is 320 g/mol. The van der Waals surface area contributed by atoms with E-state index in [9.17, 15) is 4.79 Å². The second-order valence-electron chi connectivity index (χ2n) is 5.02. The van der Waals surface area contributed by atoms with E-state index in [1.54, 1.807) is 49.4 Å². The van der Waals surface area contributed by atoms with Gasteiger partial charge in [-0.1, -0.05) is 23.7 Å². The Kier molecular flexibility index (Phi) is 5.41. The lowest BCUT2D eigenvalue weighted by atomic mass is 10.2. The number of aliphatic hydroxyl groups excluding tert-OH is 1. The molecule has 0 aromatic heterocycles. The Hall–Kier alpha value is -2.04. The molecule has 0 saturated carbocycles. The number of hydrogen-bond acceptors (Lipinski definition) is 3. The molecule has 0 radical (unpaired) electrons. The fraction of sp³-hybridized carbons (Fsp3) is 0.235. The van der Waals surface area contributed by atoms with Crippen LogP contribution in [0.3, 0.4) is 0 Å². The fourth-order valence-electron chi connectivity index (χ4n) is 1.94. The summed E-state index contributed by atoms with van der Waals surface area (Å²) < 4.78 is 5.62. The number of carbonyl (C=O) groups is 1. The molecule has 22 heavy (non-hydrogen) atoms. The quantitative estimate of drug-likeness (QED) is 0.886. The van der Waals surface area contributed by atoms with Crippen LogP contribution in [-0.4, -0.2) is 17.1 Å². The van der Waals surface area contributed by atoms with Crippen molar-refractivity contribution in [3.05, 3.63) is 58.6 Å². The molecule has 1 amide bonds. The van der Waals surface area contributed by atoms with Gasteiger partial charge in [-0.2, -0.15) is 0 Å². The number of aliphatic hydroxyl groups is 1. The summed E-state index contributed by atoms with van der Waals surface area (Å²) in [5.41, 5.74) is 2.25. The summed E-state index contributed by atoms with van der Waals surface area (Å²) in [6, 6.07) is 12.3. The minimum Gasteiger partial charge on any atom is -0.481 e. The molecule has 0 heterocycles. The third-order valence-electron chi connectivity index (χ3n) is 3.19. The summed E-state index contributed by atoms with van der Waals surface area (Å²) in [5.74, 6) is 0.330. The molecule has 0 aliphatic rings. The van der Waals surface area contributed by atoms with Crippen LogP contribution in [-0.2, 0) is 11.4 Å². The molecule has 2 aromatic rings. The van der Waals surface area contributed by atoms with Crippen LogP contribution in [0.4, 0.5) is 5.69 Å². The van der Waals surface area contributed by atoms with E-state index < -0.39 is 6.10 Å². The Morgan fingerprint density at radius 3 is 2.77 bits per heavy atom. The van der Waals surface area contributed by atoms with Crippen molar-refractivity contribution in [3.8, 4) is 5.75 Å². The summed E-state index contributed by atoms with van der Waals surface area (Å²) >= 11 is 5.96. The number of hydrogen-bond donors (Lipinski definition) is 2. The Labute approximate surface area is 134 Å². The number of ether oxygens (including phenoxy) is 1. The lowest BCUT2D eigenvalue weighted by molar-refractivity contribution is -0.122. The van der Waals surface area contributed by atoms with Crippen molar-refractivity contribution in [1.29, 1.82) is 0 Å². The number of halogens is 1. The van der Waals surface area contributed by atoms with Crippen molar-refractivity contribution in [2.75, 3.05) is 5.32 Å². The van der Waals surface area contributed by atoms with E-state index in [1.165, 1.54) is 0 Å². The maximum absolute atomic E-state index is 12.1. The van der Waals surface area contributed by atoms with E-state index in [0.717, 1.165) is 11.1 Å². The average Bonchev–Trinajstić information content (AvgIpc) is 2.51. The number of anilines is 1. The molecule has 4 nitrogen and oxygen atoms in total. The summed E-state index contributed by atoms with van der Waals surface area (Å²) in [5, 5.41) is 12.5. The first-order valence-corrected chi connectivity index (χ1v) is 7.31. The molecular formula is C17H18ClNO3. The van der Waals surface area contributed by atoms with Crippen LogP contribution in [0, 0.1) is 6.92 Å². The molecular weight excluding hydrogens is 302 g/mol. The van der Waals surface area contributed by atoms with Gasteiger partial charge in [0.05, 0.1) is 6.61 Å². The van der Waals surface area contributed by atoms with Crippen molar-refractivity contribution in [2.24, 2.45) is 0 Å². The Balaban J connectivity index is 2.00. The van der Waals surface area contributed by atoms with Gasteiger partial charge in [0, 0.05) is 10.7 Å². The standard InChI is InChI=1S/C17H18ClNO3/c1-11-8-15(6-7-16(11)18)22-12(2)17(21)19-14-5-3-4-13(9-14)10-20/h3-9,12,20H,10H2,1-2H3,(H,19,21). The molecule has 2 N–H and O–H groups in total. The predicted molar refractivity (Wildman–Crippen MR) is 87.3 cm³/mol. The smallest absolute Gasteiger partial charge is 0.265 e. The van der Waals surface area contributed by atoms with Crippen molar-refractivity contribution < 1.29 is 14.6 Å². The lowest BCUT2D eigenvalue weighted by Gasteiger charge is -2.15.